The number of aromatic nitrogens is 3. The van der Waals surface area contributed by atoms with Crippen molar-refractivity contribution >= 4 is 38.4 Å². The van der Waals surface area contributed by atoms with Crippen molar-refractivity contribution in [2.75, 3.05) is 0 Å². The lowest BCUT2D eigenvalue weighted by atomic mass is 10.2. The highest BCUT2D eigenvalue weighted by Crippen LogP contribution is 2.25. The van der Waals surface area contributed by atoms with E-state index >= 15 is 0 Å². The molecule has 1 aromatic carbocycles. The normalized spacial score (nSPS) is 11.4. The van der Waals surface area contributed by atoms with Gasteiger partial charge in [-0.05, 0) is 30.5 Å². The third kappa shape index (κ3) is 2.19. The average molecular weight is 339 g/mol. The second kappa shape index (κ2) is 4.69. The summed E-state index contributed by atoms with van der Waals surface area (Å²) in [7, 11) is 1.86. The lowest BCUT2D eigenvalue weighted by Gasteiger charge is -2.06. The Bertz CT molecular complexity index is 757. The Balaban J connectivity index is 2.08. The van der Waals surface area contributed by atoms with Gasteiger partial charge >= 0.3 is 0 Å². The Hall–Kier alpha value is -1.26. The summed E-state index contributed by atoms with van der Waals surface area (Å²) >= 11 is 9.81. The maximum absolute atomic E-state index is 6.29. The van der Waals surface area contributed by atoms with Crippen molar-refractivity contribution in [3.8, 4) is 0 Å². The quantitative estimate of drug-likeness (QED) is 0.688. The Labute approximate surface area is 124 Å². The third-order valence-electron chi connectivity index (χ3n) is 3.33. The summed E-state index contributed by atoms with van der Waals surface area (Å²) in [6, 6.07) is 8.39. The molecule has 0 unspecified atom stereocenters. The highest BCUT2D eigenvalue weighted by Gasteiger charge is 2.12. The van der Waals surface area contributed by atoms with Crippen LogP contribution in [0.3, 0.4) is 0 Å². The molecule has 0 aliphatic rings. The van der Waals surface area contributed by atoms with E-state index in [0.717, 1.165) is 22.3 Å². The molecule has 2 aromatic heterocycles. The van der Waals surface area contributed by atoms with Crippen LogP contribution in [0.5, 0.6) is 0 Å². The second-order valence-corrected chi connectivity index (χ2v) is 5.90. The number of hydrogen-bond acceptors (Lipinski definition) is 1. The zero-order chi connectivity index (χ0) is 13.6. The van der Waals surface area contributed by atoms with Gasteiger partial charge < -0.3 is 4.57 Å². The molecule has 0 fully saturated rings. The molecule has 3 rings (SSSR count). The summed E-state index contributed by atoms with van der Waals surface area (Å²) in [6.07, 6.45) is 2.08. The highest BCUT2D eigenvalue weighted by atomic mass is 79.9. The van der Waals surface area contributed by atoms with E-state index in [1.165, 1.54) is 10.9 Å². The van der Waals surface area contributed by atoms with Gasteiger partial charge in [0.15, 0.2) is 0 Å². The molecule has 0 spiro atoms. The Morgan fingerprint density at radius 2 is 2.11 bits per heavy atom. The van der Waals surface area contributed by atoms with Crippen LogP contribution in [0, 0.1) is 6.92 Å². The predicted octanol–water partition coefficient (Wildman–Crippen LogP) is 4.15. The third-order valence-corrected chi connectivity index (χ3v) is 4.30. The first-order chi connectivity index (χ1) is 9.06. The molecule has 5 heteroatoms. The van der Waals surface area contributed by atoms with Crippen molar-refractivity contribution in [1.82, 2.24) is 14.3 Å². The Kier molecular flexibility index (Phi) is 3.15. The molecular weight excluding hydrogens is 326 g/mol. The van der Waals surface area contributed by atoms with E-state index in [-0.39, 0.29) is 0 Å². The number of fused-ring (bicyclic) bond motifs is 1. The first-order valence-electron chi connectivity index (χ1n) is 5.98. The van der Waals surface area contributed by atoms with Gasteiger partial charge in [-0.1, -0.05) is 33.6 Å². The van der Waals surface area contributed by atoms with E-state index in [1.807, 2.05) is 14.0 Å². The second-order valence-electron chi connectivity index (χ2n) is 4.63. The highest BCUT2D eigenvalue weighted by molar-refractivity contribution is 9.10. The molecule has 0 saturated heterocycles. The van der Waals surface area contributed by atoms with E-state index in [0.29, 0.717) is 5.15 Å². The molecule has 0 radical (unpaired) electrons. The molecule has 0 bridgehead atoms. The molecule has 0 saturated carbocycles. The van der Waals surface area contributed by atoms with Gasteiger partial charge in [0.1, 0.15) is 5.15 Å². The van der Waals surface area contributed by atoms with Crippen LogP contribution in [0.4, 0.5) is 0 Å². The zero-order valence-electron chi connectivity index (χ0n) is 10.7. The first kappa shape index (κ1) is 12.8. The van der Waals surface area contributed by atoms with Crippen molar-refractivity contribution < 1.29 is 0 Å². The van der Waals surface area contributed by atoms with Crippen molar-refractivity contribution in [2.45, 2.75) is 13.5 Å². The number of rotatable bonds is 2. The van der Waals surface area contributed by atoms with Crippen molar-refractivity contribution in [1.29, 1.82) is 0 Å². The van der Waals surface area contributed by atoms with Gasteiger partial charge in [-0.3, -0.25) is 4.68 Å². The average Bonchev–Trinajstić information content (AvgIpc) is 2.86. The topological polar surface area (TPSA) is 22.8 Å². The van der Waals surface area contributed by atoms with Gasteiger partial charge in [0, 0.05) is 28.8 Å². The minimum absolute atomic E-state index is 0.703. The molecule has 0 atom stereocenters. The summed E-state index contributed by atoms with van der Waals surface area (Å²) in [4.78, 5) is 0. The fourth-order valence-electron chi connectivity index (χ4n) is 2.32. The Morgan fingerprint density at radius 3 is 2.79 bits per heavy atom. The van der Waals surface area contributed by atoms with E-state index in [2.05, 4.69) is 56.1 Å². The van der Waals surface area contributed by atoms with Crippen LogP contribution in [-0.2, 0) is 13.6 Å². The van der Waals surface area contributed by atoms with Crippen LogP contribution in [0.2, 0.25) is 5.15 Å². The molecule has 3 aromatic rings. The molecule has 3 nitrogen and oxygen atoms in total. The molecular formula is C14H13BrClN3. The minimum atomic E-state index is 0.703. The van der Waals surface area contributed by atoms with Crippen LogP contribution < -0.4 is 0 Å². The molecule has 0 N–H and O–H groups in total. The van der Waals surface area contributed by atoms with Crippen molar-refractivity contribution in [3.05, 3.63) is 51.3 Å². The molecule has 19 heavy (non-hydrogen) atoms. The Morgan fingerprint density at radius 1 is 1.32 bits per heavy atom. The standard InChI is InChI=1S/C14H13BrClN3/c1-9-12(14(16)18(2)17-9)8-19-6-5-10-3-4-11(15)7-13(10)19/h3-7H,8H2,1-2H3. The van der Waals surface area contributed by atoms with Gasteiger partial charge in [-0.25, -0.2) is 0 Å². The van der Waals surface area contributed by atoms with Gasteiger partial charge in [0.2, 0.25) is 0 Å². The lowest BCUT2D eigenvalue weighted by molar-refractivity contribution is 0.757. The van der Waals surface area contributed by atoms with Crippen LogP contribution >= 0.6 is 27.5 Å². The molecule has 0 aliphatic heterocycles. The van der Waals surface area contributed by atoms with Crippen LogP contribution in [0.15, 0.2) is 34.9 Å². The summed E-state index contributed by atoms with van der Waals surface area (Å²) in [5, 5.41) is 6.28. The van der Waals surface area contributed by atoms with Crippen molar-refractivity contribution in [2.24, 2.45) is 7.05 Å². The SMILES string of the molecule is Cc1nn(C)c(Cl)c1Cn1ccc2ccc(Br)cc21. The zero-order valence-corrected chi connectivity index (χ0v) is 13.0. The number of aryl methyl sites for hydroxylation is 2. The summed E-state index contributed by atoms with van der Waals surface area (Å²) in [5.41, 5.74) is 3.24. The fourth-order valence-corrected chi connectivity index (χ4v) is 2.90. The van der Waals surface area contributed by atoms with E-state index in [9.17, 15) is 0 Å². The van der Waals surface area contributed by atoms with Gasteiger partial charge in [0.25, 0.3) is 0 Å². The number of hydrogen-bond donors (Lipinski definition) is 0. The maximum atomic E-state index is 6.29. The number of nitrogens with zero attached hydrogens (tertiary/aromatic N) is 3. The van der Waals surface area contributed by atoms with Gasteiger partial charge in [-0.2, -0.15) is 5.10 Å². The van der Waals surface area contributed by atoms with E-state index < -0.39 is 0 Å². The van der Waals surface area contributed by atoms with Crippen LogP contribution in [0.1, 0.15) is 11.3 Å². The van der Waals surface area contributed by atoms with Gasteiger partial charge in [0.05, 0.1) is 12.2 Å². The molecule has 2 heterocycles. The summed E-state index contributed by atoms with van der Waals surface area (Å²) in [6.45, 7) is 2.72. The van der Waals surface area contributed by atoms with E-state index in [1.54, 1.807) is 4.68 Å². The monoisotopic (exact) mass is 337 g/mol. The van der Waals surface area contributed by atoms with E-state index in [4.69, 9.17) is 11.6 Å². The summed E-state index contributed by atoms with van der Waals surface area (Å²) in [5.74, 6) is 0. The largest absolute Gasteiger partial charge is 0.343 e. The lowest BCUT2D eigenvalue weighted by Crippen LogP contribution is -1.99. The summed E-state index contributed by atoms with van der Waals surface area (Å²) < 4.78 is 4.98. The first-order valence-corrected chi connectivity index (χ1v) is 7.15. The van der Waals surface area contributed by atoms with Crippen LogP contribution in [-0.4, -0.2) is 14.3 Å². The fraction of sp³-hybridized carbons (Fsp3) is 0.214. The molecule has 0 aliphatic carbocycles. The van der Waals surface area contributed by atoms with Gasteiger partial charge in [-0.15, -0.1) is 0 Å². The molecule has 98 valence electrons. The molecule has 0 amide bonds. The number of benzene rings is 1. The van der Waals surface area contributed by atoms with Crippen molar-refractivity contribution in [3.63, 3.8) is 0 Å². The smallest absolute Gasteiger partial charge is 0.131 e. The maximum Gasteiger partial charge on any atom is 0.131 e. The van der Waals surface area contributed by atoms with Crippen LogP contribution in [0.25, 0.3) is 10.9 Å². The predicted molar refractivity (Wildman–Crippen MR) is 81.7 cm³/mol. The number of halogens is 2. The minimum Gasteiger partial charge on any atom is -0.343 e.